The standard InChI is InChI=1S/C16H15N2O2.3C4H9.Sn/c1-12-16(17-15-4-2-3-9-18(12)15)13-5-7-14(8-6-13)20-11-10-19;3*1-3-4-2;/h2,4-9,19H,10-11H2,1H3;3*1,3-4H2,2H3;. The molecular formula is C28H42N2O2Sn. The minimum absolute atomic E-state index is 0.0247. The predicted octanol–water partition coefficient (Wildman–Crippen LogP) is 6.74. The maximum atomic E-state index is 8.97. The molecule has 0 radical (unpaired) electrons. The van der Waals surface area contributed by atoms with E-state index in [1.54, 1.807) is 3.58 Å². The third-order valence-electron chi connectivity index (χ3n) is 6.98. The van der Waals surface area contributed by atoms with Gasteiger partial charge in [-0.05, 0) is 0 Å². The third-order valence-corrected chi connectivity index (χ3v) is 22.5. The van der Waals surface area contributed by atoms with Crippen molar-refractivity contribution in [1.29, 1.82) is 0 Å². The number of aromatic nitrogens is 2. The molecule has 2 heterocycles. The molecule has 0 saturated carbocycles. The second-order valence-electron chi connectivity index (χ2n) is 9.38. The Labute approximate surface area is 204 Å². The number of hydrogen-bond acceptors (Lipinski definition) is 3. The van der Waals surface area contributed by atoms with E-state index in [1.165, 1.54) is 57.5 Å². The SMILES string of the molecule is CCC[CH2][Sn]([CH2]CCC)([CH2]CCC)[c]1ccc2nc(-c3ccc(OCCO)cc3)c(C)n2c1. The van der Waals surface area contributed by atoms with Crippen LogP contribution < -0.4 is 8.32 Å². The number of aliphatic hydroxyl groups excluding tert-OH is 1. The van der Waals surface area contributed by atoms with Gasteiger partial charge in [-0.1, -0.05) is 0 Å². The molecule has 1 N–H and O–H groups in total. The summed E-state index contributed by atoms with van der Waals surface area (Å²) in [5.74, 6) is 0.776. The fraction of sp³-hybridized carbons (Fsp3) is 0.536. The van der Waals surface area contributed by atoms with E-state index in [-0.39, 0.29) is 6.61 Å². The van der Waals surface area contributed by atoms with E-state index >= 15 is 0 Å². The number of rotatable bonds is 14. The molecule has 0 fully saturated rings. The molecule has 0 bridgehead atoms. The van der Waals surface area contributed by atoms with Gasteiger partial charge in [0.15, 0.2) is 0 Å². The zero-order chi connectivity index (χ0) is 23.7. The summed E-state index contributed by atoms with van der Waals surface area (Å²) >= 11 is -2.48. The summed E-state index contributed by atoms with van der Waals surface area (Å²) in [6.45, 7) is 9.55. The molecule has 0 aliphatic carbocycles. The van der Waals surface area contributed by atoms with Crippen LogP contribution in [0.5, 0.6) is 5.75 Å². The number of benzene rings is 1. The second-order valence-corrected chi connectivity index (χ2v) is 22.6. The Morgan fingerprint density at radius 3 is 2.03 bits per heavy atom. The molecule has 0 spiro atoms. The van der Waals surface area contributed by atoms with E-state index in [2.05, 4.69) is 62.6 Å². The summed E-state index contributed by atoms with van der Waals surface area (Å²) in [5, 5.41) is 8.97. The summed E-state index contributed by atoms with van der Waals surface area (Å²) in [6, 6.07) is 12.8. The van der Waals surface area contributed by atoms with Crippen molar-refractivity contribution < 1.29 is 9.84 Å². The zero-order valence-electron chi connectivity index (χ0n) is 21.1. The molecule has 0 aliphatic heterocycles. The van der Waals surface area contributed by atoms with E-state index < -0.39 is 18.4 Å². The van der Waals surface area contributed by atoms with E-state index in [9.17, 15) is 0 Å². The molecule has 2 aromatic heterocycles. The van der Waals surface area contributed by atoms with Crippen LogP contribution in [0.4, 0.5) is 0 Å². The average molecular weight is 557 g/mol. The van der Waals surface area contributed by atoms with Gasteiger partial charge in [0.1, 0.15) is 0 Å². The molecular weight excluding hydrogens is 515 g/mol. The van der Waals surface area contributed by atoms with Crippen LogP contribution in [0.3, 0.4) is 0 Å². The van der Waals surface area contributed by atoms with Crippen molar-refractivity contribution in [2.75, 3.05) is 13.2 Å². The fourth-order valence-corrected chi connectivity index (χ4v) is 20.8. The molecule has 0 aliphatic rings. The number of nitrogens with zero attached hydrogens (tertiary/aromatic N) is 2. The number of aryl methyl sites for hydroxylation is 1. The first kappa shape index (κ1) is 26.1. The van der Waals surface area contributed by atoms with Crippen LogP contribution in [0, 0.1) is 6.92 Å². The molecule has 0 saturated heterocycles. The van der Waals surface area contributed by atoms with E-state index in [1.807, 2.05) is 12.1 Å². The summed E-state index contributed by atoms with van der Waals surface area (Å²) < 4.78 is 14.0. The van der Waals surface area contributed by atoms with Gasteiger partial charge < -0.3 is 5.11 Å². The predicted molar refractivity (Wildman–Crippen MR) is 142 cm³/mol. The van der Waals surface area contributed by atoms with Gasteiger partial charge in [0, 0.05) is 0 Å². The number of imidazole rings is 1. The van der Waals surface area contributed by atoms with Crippen LogP contribution in [0.1, 0.15) is 65.0 Å². The molecule has 0 unspecified atom stereocenters. The molecule has 5 heteroatoms. The number of ether oxygens (including phenoxy) is 1. The van der Waals surface area contributed by atoms with Crippen LogP contribution in [-0.4, -0.2) is 46.1 Å². The van der Waals surface area contributed by atoms with Crippen molar-refractivity contribution in [3.8, 4) is 17.0 Å². The van der Waals surface area contributed by atoms with Crippen molar-refractivity contribution in [2.45, 2.75) is 79.5 Å². The molecule has 3 aromatic rings. The van der Waals surface area contributed by atoms with Crippen LogP contribution in [-0.2, 0) is 0 Å². The Morgan fingerprint density at radius 1 is 0.879 bits per heavy atom. The number of aliphatic hydroxyl groups is 1. The Bertz CT molecular complexity index is 975. The van der Waals surface area contributed by atoms with E-state index in [0.29, 0.717) is 6.61 Å². The van der Waals surface area contributed by atoms with Crippen LogP contribution in [0.25, 0.3) is 16.9 Å². The van der Waals surface area contributed by atoms with Crippen molar-refractivity contribution in [1.82, 2.24) is 9.38 Å². The zero-order valence-corrected chi connectivity index (χ0v) is 23.9. The Balaban J connectivity index is 1.99. The first-order valence-electron chi connectivity index (χ1n) is 12.9. The van der Waals surface area contributed by atoms with Gasteiger partial charge in [-0.3, -0.25) is 0 Å². The fourth-order valence-electron chi connectivity index (χ4n) is 4.98. The quantitative estimate of drug-likeness (QED) is 0.224. The summed E-state index contributed by atoms with van der Waals surface area (Å²) in [4.78, 5) is 4.99. The van der Waals surface area contributed by atoms with Gasteiger partial charge in [0.25, 0.3) is 0 Å². The molecule has 1 aromatic carbocycles. The number of fused-ring (bicyclic) bond motifs is 1. The van der Waals surface area contributed by atoms with Crippen LogP contribution in [0.2, 0.25) is 13.3 Å². The third kappa shape index (κ3) is 6.33. The molecule has 180 valence electrons. The average Bonchev–Trinajstić information content (AvgIpc) is 3.18. The number of pyridine rings is 1. The molecule has 4 nitrogen and oxygen atoms in total. The Kier molecular flexibility index (Phi) is 10.1. The van der Waals surface area contributed by atoms with E-state index in [0.717, 1.165) is 22.7 Å². The van der Waals surface area contributed by atoms with Crippen molar-refractivity contribution in [3.05, 3.63) is 48.3 Å². The molecule has 33 heavy (non-hydrogen) atoms. The molecule has 3 rings (SSSR count). The first-order valence-corrected chi connectivity index (χ1v) is 20.4. The summed E-state index contributed by atoms with van der Waals surface area (Å²) in [5.41, 5.74) is 4.38. The summed E-state index contributed by atoms with van der Waals surface area (Å²) in [6.07, 6.45) is 10.5. The van der Waals surface area contributed by atoms with Gasteiger partial charge in [0.05, 0.1) is 0 Å². The van der Waals surface area contributed by atoms with Gasteiger partial charge in [0.2, 0.25) is 0 Å². The topological polar surface area (TPSA) is 46.8 Å². The first-order chi connectivity index (χ1) is 16.1. The minimum atomic E-state index is -2.48. The monoisotopic (exact) mass is 558 g/mol. The van der Waals surface area contributed by atoms with Gasteiger partial charge in [-0.15, -0.1) is 0 Å². The van der Waals surface area contributed by atoms with Gasteiger partial charge in [-0.25, -0.2) is 0 Å². The molecule has 0 atom stereocenters. The van der Waals surface area contributed by atoms with Crippen molar-refractivity contribution in [3.63, 3.8) is 0 Å². The normalized spacial score (nSPS) is 11.9. The van der Waals surface area contributed by atoms with Crippen LogP contribution >= 0.6 is 0 Å². The van der Waals surface area contributed by atoms with Crippen LogP contribution in [0.15, 0.2) is 42.6 Å². The van der Waals surface area contributed by atoms with Gasteiger partial charge in [-0.2, -0.15) is 0 Å². The van der Waals surface area contributed by atoms with Crippen molar-refractivity contribution in [2.24, 2.45) is 0 Å². The number of unbranched alkanes of at least 4 members (excludes halogenated alkanes) is 3. The second kappa shape index (κ2) is 12.8. The van der Waals surface area contributed by atoms with E-state index in [4.69, 9.17) is 14.8 Å². The number of hydrogen-bond donors (Lipinski definition) is 1. The van der Waals surface area contributed by atoms with Crippen molar-refractivity contribution >= 4 is 27.6 Å². The molecule has 0 amide bonds. The van der Waals surface area contributed by atoms with Gasteiger partial charge >= 0.3 is 200 Å². The Hall–Kier alpha value is -1.53. The Morgan fingerprint density at radius 2 is 1.48 bits per heavy atom. The maximum absolute atomic E-state index is 8.97. The summed E-state index contributed by atoms with van der Waals surface area (Å²) in [7, 11) is 0.